The van der Waals surface area contributed by atoms with E-state index in [1.807, 2.05) is 0 Å². The minimum absolute atomic E-state index is 0.288. The number of carbonyl (C=O) groups is 1. The lowest BCUT2D eigenvalue weighted by Crippen LogP contribution is -2.45. The predicted octanol–water partition coefficient (Wildman–Crippen LogP) is 0.643. The number of aliphatic carboxylic acids is 1. The summed E-state index contributed by atoms with van der Waals surface area (Å²) < 4.78 is 5.26. The fourth-order valence-corrected chi connectivity index (χ4v) is 1.66. The highest BCUT2D eigenvalue weighted by molar-refractivity contribution is 5.75. The molecule has 4 heteroatoms. The van der Waals surface area contributed by atoms with Gasteiger partial charge in [-0.15, -0.1) is 6.58 Å². The molecule has 14 heavy (non-hydrogen) atoms. The Bertz CT molecular complexity index is 209. The van der Waals surface area contributed by atoms with Crippen molar-refractivity contribution < 1.29 is 14.6 Å². The number of nitrogens with one attached hydrogen (secondary N) is 1. The predicted molar refractivity (Wildman–Crippen MR) is 53.2 cm³/mol. The van der Waals surface area contributed by atoms with E-state index in [1.165, 1.54) is 0 Å². The second kappa shape index (κ2) is 5.12. The zero-order chi connectivity index (χ0) is 10.4. The Morgan fingerprint density at radius 3 is 2.71 bits per heavy atom. The number of ether oxygens (including phenoxy) is 1. The Hall–Kier alpha value is -0.870. The van der Waals surface area contributed by atoms with Crippen LogP contribution in [0.15, 0.2) is 12.7 Å². The van der Waals surface area contributed by atoms with Gasteiger partial charge < -0.3 is 15.2 Å². The van der Waals surface area contributed by atoms with Crippen molar-refractivity contribution in [3.8, 4) is 0 Å². The van der Waals surface area contributed by atoms with Crippen LogP contribution < -0.4 is 5.32 Å². The van der Waals surface area contributed by atoms with Crippen molar-refractivity contribution >= 4 is 5.97 Å². The van der Waals surface area contributed by atoms with Crippen LogP contribution in [0.1, 0.15) is 12.8 Å². The van der Waals surface area contributed by atoms with Crippen molar-refractivity contribution in [1.82, 2.24) is 5.32 Å². The normalized spacial score (nSPS) is 20.3. The minimum atomic E-state index is -0.747. The van der Waals surface area contributed by atoms with Crippen LogP contribution in [0.4, 0.5) is 0 Å². The molecule has 0 unspecified atom stereocenters. The summed E-state index contributed by atoms with van der Waals surface area (Å²) in [6.45, 7) is 5.74. The Kier molecular flexibility index (Phi) is 4.10. The van der Waals surface area contributed by atoms with Crippen LogP contribution in [0.2, 0.25) is 0 Å². The molecule has 1 aliphatic rings. The number of piperidine rings is 1. The van der Waals surface area contributed by atoms with Gasteiger partial charge in [-0.05, 0) is 25.9 Å². The SMILES string of the molecule is C=CCOCC1(C(=O)O)CCNCC1. The molecule has 0 atom stereocenters. The number of hydrogen-bond acceptors (Lipinski definition) is 3. The van der Waals surface area contributed by atoms with Gasteiger partial charge in [-0.25, -0.2) is 0 Å². The maximum absolute atomic E-state index is 11.1. The first kappa shape index (κ1) is 11.2. The van der Waals surface area contributed by atoms with Gasteiger partial charge in [-0.3, -0.25) is 4.79 Å². The van der Waals surface area contributed by atoms with Crippen molar-refractivity contribution in [2.45, 2.75) is 12.8 Å². The molecule has 0 radical (unpaired) electrons. The number of carboxylic acids is 1. The summed E-state index contributed by atoms with van der Waals surface area (Å²) in [4.78, 5) is 11.1. The molecular weight excluding hydrogens is 182 g/mol. The Labute approximate surface area is 83.9 Å². The maximum atomic E-state index is 11.1. The highest BCUT2D eigenvalue weighted by Crippen LogP contribution is 2.29. The number of carboxylic acid groups (broad SMARTS) is 1. The second-order valence-electron chi connectivity index (χ2n) is 3.64. The zero-order valence-corrected chi connectivity index (χ0v) is 8.29. The molecule has 2 N–H and O–H groups in total. The van der Waals surface area contributed by atoms with Gasteiger partial charge in [0.2, 0.25) is 0 Å². The molecule has 0 amide bonds. The Morgan fingerprint density at radius 1 is 1.57 bits per heavy atom. The topological polar surface area (TPSA) is 58.6 Å². The lowest BCUT2D eigenvalue weighted by Gasteiger charge is -2.33. The number of hydrogen-bond donors (Lipinski definition) is 2. The highest BCUT2D eigenvalue weighted by Gasteiger charge is 2.39. The van der Waals surface area contributed by atoms with Gasteiger partial charge in [-0.2, -0.15) is 0 Å². The van der Waals surface area contributed by atoms with Crippen molar-refractivity contribution in [1.29, 1.82) is 0 Å². The van der Waals surface area contributed by atoms with Crippen LogP contribution in [-0.2, 0) is 9.53 Å². The first-order chi connectivity index (χ1) is 6.71. The lowest BCUT2D eigenvalue weighted by molar-refractivity contribution is -0.154. The molecule has 0 saturated carbocycles. The molecule has 0 aromatic heterocycles. The van der Waals surface area contributed by atoms with Gasteiger partial charge in [0, 0.05) is 0 Å². The third-order valence-corrected chi connectivity index (χ3v) is 2.63. The van der Waals surface area contributed by atoms with E-state index in [0.29, 0.717) is 19.4 Å². The third kappa shape index (κ3) is 2.56. The van der Waals surface area contributed by atoms with E-state index >= 15 is 0 Å². The Balaban J connectivity index is 2.51. The molecule has 0 spiro atoms. The molecule has 1 heterocycles. The standard InChI is InChI=1S/C10H17NO3/c1-2-7-14-8-10(9(12)13)3-5-11-6-4-10/h2,11H,1,3-8H2,(H,12,13). The van der Waals surface area contributed by atoms with Gasteiger partial charge in [0.15, 0.2) is 0 Å². The first-order valence-electron chi connectivity index (χ1n) is 4.84. The minimum Gasteiger partial charge on any atom is -0.481 e. The van der Waals surface area contributed by atoms with Crippen LogP contribution in [0.5, 0.6) is 0 Å². The van der Waals surface area contributed by atoms with Crippen LogP contribution in [-0.4, -0.2) is 37.4 Å². The smallest absolute Gasteiger partial charge is 0.312 e. The van der Waals surface area contributed by atoms with Crippen LogP contribution in [0.25, 0.3) is 0 Å². The molecule has 0 aromatic carbocycles. The Morgan fingerprint density at radius 2 is 2.21 bits per heavy atom. The lowest BCUT2D eigenvalue weighted by atomic mass is 9.80. The van der Waals surface area contributed by atoms with Crippen LogP contribution >= 0.6 is 0 Å². The fraction of sp³-hybridized carbons (Fsp3) is 0.700. The second-order valence-corrected chi connectivity index (χ2v) is 3.64. The monoisotopic (exact) mass is 199 g/mol. The van der Waals surface area contributed by atoms with E-state index in [2.05, 4.69) is 11.9 Å². The number of rotatable bonds is 5. The summed E-state index contributed by atoms with van der Waals surface area (Å²) in [7, 11) is 0. The van der Waals surface area contributed by atoms with E-state index < -0.39 is 11.4 Å². The zero-order valence-electron chi connectivity index (χ0n) is 8.29. The van der Waals surface area contributed by atoms with Gasteiger partial charge in [0.05, 0.1) is 18.6 Å². The molecule has 4 nitrogen and oxygen atoms in total. The average molecular weight is 199 g/mol. The summed E-state index contributed by atoms with van der Waals surface area (Å²) in [5.74, 6) is -0.747. The summed E-state index contributed by atoms with van der Waals surface area (Å²) >= 11 is 0. The molecule has 1 aliphatic heterocycles. The quantitative estimate of drug-likeness (QED) is 0.504. The van der Waals surface area contributed by atoms with Crippen LogP contribution in [0.3, 0.4) is 0 Å². The van der Waals surface area contributed by atoms with Crippen molar-refractivity contribution in [2.75, 3.05) is 26.3 Å². The van der Waals surface area contributed by atoms with Gasteiger partial charge in [-0.1, -0.05) is 6.08 Å². The summed E-state index contributed by atoms with van der Waals surface area (Å²) in [6.07, 6.45) is 2.91. The maximum Gasteiger partial charge on any atom is 0.312 e. The van der Waals surface area contributed by atoms with Crippen molar-refractivity contribution in [3.05, 3.63) is 12.7 Å². The molecule has 1 saturated heterocycles. The molecule has 0 bridgehead atoms. The molecule has 80 valence electrons. The van der Waals surface area contributed by atoms with Gasteiger partial charge in [0.25, 0.3) is 0 Å². The van der Waals surface area contributed by atoms with E-state index in [1.54, 1.807) is 6.08 Å². The van der Waals surface area contributed by atoms with Gasteiger partial charge >= 0.3 is 5.97 Å². The molecular formula is C10H17NO3. The van der Waals surface area contributed by atoms with E-state index in [0.717, 1.165) is 13.1 Å². The molecule has 1 rings (SSSR count). The highest BCUT2D eigenvalue weighted by atomic mass is 16.5. The average Bonchev–Trinajstić information content (AvgIpc) is 2.19. The van der Waals surface area contributed by atoms with E-state index in [4.69, 9.17) is 9.84 Å². The van der Waals surface area contributed by atoms with E-state index in [-0.39, 0.29) is 6.61 Å². The first-order valence-corrected chi connectivity index (χ1v) is 4.84. The van der Waals surface area contributed by atoms with Crippen LogP contribution in [0, 0.1) is 5.41 Å². The third-order valence-electron chi connectivity index (χ3n) is 2.63. The molecule has 0 aromatic rings. The fourth-order valence-electron chi connectivity index (χ4n) is 1.66. The summed E-state index contributed by atoms with van der Waals surface area (Å²) in [5.41, 5.74) is -0.686. The molecule has 0 aliphatic carbocycles. The van der Waals surface area contributed by atoms with Crippen molar-refractivity contribution in [3.63, 3.8) is 0 Å². The van der Waals surface area contributed by atoms with Gasteiger partial charge in [0.1, 0.15) is 0 Å². The van der Waals surface area contributed by atoms with E-state index in [9.17, 15) is 4.79 Å². The summed E-state index contributed by atoms with van der Waals surface area (Å²) in [5, 5.41) is 12.3. The largest absolute Gasteiger partial charge is 0.481 e. The molecule has 1 fully saturated rings. The summed E-state index contributed by atoms with van der Waals surface area (Å²) in [6, 6.07) is 0. The van der Waals surface area contributed by atoms with Crippen molar-refractivity contribution in [2.24, 2.45) is 5.41 Å².